The number of methoxy groups -OCH3 is 1. The predicted octanol–water partition coefficient (Wildman–Crippen LogP) is 2.54. The minimum absolute atomic E-state index is 0.0324. The fraction of sp³-hybridized carbons (Fsp3) is 0.535. The summed E-state index contributed by atoms with van der Waals surface area (Å²) in [7, 11) is 1.45. The number of piperidine rings is 1. The zero-order valence-electron chi connectivity index (χ0n) is 35.7. The largest absolute Gasteiger partial charge is 0.494 e. The Kier molecular flexibility index (Phi) is 17.9. The van der Waals surface area contributed by atoms with Crippen LogP contribution in [-0.4, -0.2) is 181 Å². The lowest BCUT2D eigenvalue weighted by Gasteiger charge is -2.34. The molecule has 62 heavy (non-hydrogen) atoms. The fourth-order valence-electron chi connectivity index (χ4n) is 7.32. The number of piperazine rings is 1. The summed E-state index contributed by atoms with van der Waals surface area (Å²) in [6.45, 7) is 13.5. The number of aromatic nitrogens is 6. The van der Waals surface area contributed by atoms with E-state index in [4.69, 9.17) is 23.7 Å². The SMILES string of the molecule is CCCOCCOCCOCCOCCN1CCN(CCCNC(=O)c2ncn(-c3ncc(OC)c4c(C(=O)C(=O)N5CCC(=C(C#N)c6ccccn6)CC5)c[nH]c34)n2)CC1. The molecule has 0 spiro atoms. The molecule has 4 aromatic heterocycles. The van der Waals surface area contributed by atoms with Gasteiger partial charge in [0.15, 0.2) is 5.82 Å². The minimum atomic E-state index is -0.713. The summed E-state index contributed by atoms with van der Waals surface area (Å²) in [5.74, 6) is -1.27. The van der Waals surface area contributed by atoms with Crippen LogP contribution in [0.15, 0.2) is 48.7 Å². The number of likely N-dealkylation sites (tertiary alicyclic amines) is 1. The van der Waals surface area contributed by atoms with Gasteiger partial charge in [-0.2, -0.15) is 9.94 Å². The van der Waals surface area contributed by atoms with E-state index in [0.29, 0.717) is 87.8 Å². The Morgan fingerprint density at radius 3 is 2.18 bits per heavy atom. The third-order valence-electron chi connectivity index (χ3n) is 10.7. The molecule has 0 saturated carbocycles. The lowest BCUT2D eigenvalue weighted by Crippen LogP contribution is -2.47. The van der Waals surface area contributed by atoms with E-state index in [0.717, 1.165) is 64.3 Å². The van der Waals surface area contributed by atoms with Crippen molar-refractivity contribution in [2.24, 2.45) is 0 Å². The Morgan fingerprint density at radius 2 is 1.53 bits per heavy atom. The molecule has 2 aliphatic rings. The predicted molar refractivity (Wildman–Crippen MR) is 228 cm³/mol. The van der Waals surface area contributed by atoms with E-state index in [2.05, 4.69) is 53.1 Å². The summed E-state index contributed by atoms with van der Waals surface area (Å²) in [4.78, 5) is 62.6. The Labute approximate surface area is 361 Å². The first-order valence-electron chi connectivity index (χ1n) is 21.3. The quantitative estimate of drug-likeness (QED) is 0.0449. The standard InChI is InChI=1S/C43H57N11O8/c1-3-20-59-22-24-61-26-27-62-25-23-60-21-19-52-17-15-51(16-18-52)12-6-11-46-42(56)40-49-31-54(50-40)41-38-37(36(58-2)30-48-41)34(29-47-38)39(55)43(57)53-13-8-32(9-14-53)33(28-44)35-7-4-5-10-45-35/h4-5,7,10,29-31,47H,3,6,8-9,11-27H2,1-2H3,(H,46,56). The number of H-pyrrole nitrogens is 1. The van der Waals surface area contributed by atoms with Crippen LogP contribution in [-0.2, 0) is 23.7 Å². The number of nitrogens with zero attached hydrogens (tertiary/aromatic N) is 9. The summed E-state index contributed by atoms with van der Waals surface area (Å²) in [6, 6.07) is 7.64. The highest BCUT2D eigenvalue weighted by Crippen LogP contribution is 2.32. The van der Waals surface area contributed by atoms with Gasteiger partial charge in [0.05, 0.1) is 87.3 Å². The van der Waals surface area contributed by atoms with Crippen molar-refractivity contribution in [3.05, 3.63) is 65.8 Å². The van der Waals surface area contributed by atoms with Crippen LogP contribution in [0.2, 0.25) is 0 Å². The number of nitriles is 1. The van der Waals surface area contributed by atoms with Crippen LogP contribution >= 0.6 is 0 Å². The third-order valence-corrected chi connectivity index (χ3v) is 10.7. The number of hydrogen-bond acceptors (Lipinski definition) is 15. The molecular formula is C43H57N11O8. The van der Waals surface area contributed by atoms with Crippen molar-refractivity contribution in [2.45, 2.75) is 32.6 Å². The van der Waals surface area contributed by atoms with Crippen LogP contribution in [0.4, 0.5) is 0 Å². The van der Waals surface area contributed by atoms with Crippen molar-refractivity contribution in [3.63, 3.8) is 0 Å². The molecule has 0 aliphatic carbocycles. The molecule has 19 nitrogen and oxygen atoms in total. The Balaban J connectivity index is 0.909. The molecule has 0 radical (unpaired) electrons. The smallest absolute Gasteiger partial charge is 0.295 e. The second-order valence-electron chi connectivity index (χ2n) is 14.8. The van der Waals surface area contributed by atoms with Gasteiger partial charge in [0.2, 0.25) is 5.82 Å². The molecular weight excluding hydrogens is 799 g/mol. The number of amides is 2. The number of ether oxygens (including phenoxy) is 5. The van der Waals surface area contributed by atoms with Gasteiger partial charge in [0.25, 0.3) is 17.6 Å². The molecule has 0 unspecified atom stereocenters. The summed E-state index contributed by atoms with van der Waals surface area (Å²) in [5, 5.41) is 17.5. The maximum atomic E-state index is 13.7. The maximum Gasteiger partial charge on any atom is 0.295 e. The second-order valence-corrected chi connectivity index (χ2v) is 14.8. The molecule has 2 saturated heterocycles. The zero-order chi connectivity index (χ0) is 43.5. The topological polar surface area (TPSA) is 215 Å². The first kappa shape index (κ1) is 45.9. The van der Waals surface area contributed by atoms with E-state index in [-0.39, 0.29) is 36.0 Å². The molecule has 2 fully saturated rings. The first-order chi connectivity index (χ1) is 30.4. The van der Waals surface area contributed by atoms with Gasteiger partial charge in [-0.25, -0.2) is 9.97 Å². The van der Waals surface area contributed by atoms with Gasteiger partial charge in [0, 0.05) is 71.4 Å². The average Bonchev–Trinajstić information content (AvgIpc) is 3.99. The van der Waals surface area contributed by atoms with Gasteiger partial charge in [-0.1, -0.05) is 13.0 Å². The second kappa shape index (κ2) is 24.1. The maximum absolute atomic E-state index is 13.7. The van der Waals surface area contributed by atoms with Crippen molar-refractivity contribution >= 4 is 34.1 Å². The molecule has 6 rings (SSSR count). The number of carbonyl (C=O) groups excluding carboxylic acids is 3. The number of aromatic amines is 1. The van der Waals surface area contributed by atoms with E-state index < -0.39 is 17.6 Å². The van der Waals surface area contributed by atoms with Crippen LogP contribution < -0.4 is 10.1 Å². The van der Waals surface area contributed by atoms with Gasteiger partial charge in [-0.15, -0.1) is 5.10 Å². The zero-order valence-corrected chi connectivity index (χ0v) is 35.7. The van der Waals surface area contributed by atoms with Crippen LogP contribution in [0.3, 0.4) is 0 Å². The lowest BCUT2D eigenvalue weighted by atomic mass is 9.95. The van der Waals surface area contributed by atoms with Gasteiger partial charge in [-0.3, -0.25) is 24.3 Å². The van der Waals surface area contributed by atoms with Crippen molar-refractivity contribution < 1.29 is 38.1 Å². The average molecular weight is 856 g/mol. The number of ketones is 1. The Bertz CT molecular complexity index is 2130. The molecule has 0 aromatic carbocycles. The van der Waals surface area contributed by atoms with E-state index in [1.807, 2.05) is 6.07 Å². The molecule has 2 N–H and O–H groups in total. The van der Waals surface area contributed by atoms with Crippen LogP contribution in [0.5, 0.6) is 5.75 Å². The molecule has 4 aromatic rings. The van der Waals surface area contributed by atoms with E-state index in [1.54, 1.807) is 18.3 Å². The van der Waals surface area contributed by atoms with E-state index >= 15 is 0 Å². The van der Waals surface area contributed by atoms with E-state index in [9.17, 15) is 19.6 Å². The normalized spacial score (nSPS) is 14.9. The molecule has 332 valence electrons. The van der Waals surface area contributed by atoms with Crippen molar-refractivity contribution in [3.8, 4) is 17.6 Å². The molecule has 6 heterocycles. The van der Waals surface area contributed by atoms with Crippen LogP contribution in [0.1, 0.15) is 59.3 Å². The monoisotopic (exact) mass is 855 g/mol. The van der Waals surface area contributed by atoms with Crippen molar-refractivity contribution in [2.75, 3.05) is 119 Å². The molecule has 2 aliphatic heterocycles. The highest BCUT2D eigenvalue weighted by molar-refractivity contribution is 6.45. The lowest BCUT2D eigenvalue weighted by molar-refractivity contribution is -0.126. The van der Waals surface area contributed by atoms with Crippen LogP contribution in [0, 0.1) is 11.3 Å². The molecule has 19 heteroatoms. The summed E-state index contributed by atoms with van der Waals surface area (Å²) in [6.07, 6.45) is 8.58. The number of fused-ring (bicyclic) bond motifs is 1. The summed E-state index contributed by atoms with van der Waals surface area (Å²) < 4.78 is 29.1. The van der Waals surface area contributed by atoms with Gasteiger partial charge >= 0.3 is 0 Å². The van der Waals surface area contributed by atoms with Crippen LogP contribution in [0.25, 0.3) is 22.3 Å². The molecule has 0 atom stereocenters. The number of pyridine rings is 2. The van der Waals surface area contributed by atoms with E-state index in [1.165, 1.54) is 35.4 Å². The molecule has 0 bridgehead atoms. The summed E-state index contributed by atoms with van der Waals surface area (Å²) in [5.41, 5.74) is 2.49. The van der Waals surface area contributed by atoms with Gasteiger partial charge in [0.1, 0.15) is 18.1 Å². The van der Waals surface area contributed by atoms with Crippen molar-refractivity contribution in [1.82, 2.24) is 49.7 Å². The Hall–Kier alpha value is -5.62. The number of hydrogen-bond donors (Lipinski definition) is 2. The summed E-state index contributed by atoms with van der Waals surface area (Å²) >= 11 is 0. The van der Waals surface area contributed by atoms with Gasteiger partial charge in [-0.05, 0) is 49.9 Å². The highest BCUT2D eigenvalue weighted by Gasteiger charge is 2.31. The first-order valence-corrected chi connectivity index (χ1v) is 21.3. The third kappa shape index (κ3) is 12.5. The number of allylic oxidation sites excluding steroid dienone is 1. The Morgan fingerprint density at radius 1 is 0.855 bits per heavy atom. The minimum Gasteiger partial charge on any atom is -0.494 e. The number of Topliss-reactive ketones (excluding diaryl/α,β-unsaturated/α-hetero) is 1. The number of nitrogens with one attached hydrogen (secondary N) is 2. The fourth-order valence-corrected chi connectivity index (χ4v) is 7.32. The number of rotatable bonds is 24. The number of carbonyl (C=O) groups is 3. The molecule has 2 amide bonds. The van der Waals surface area contributed by atoms with Crippen molar-refractivity contribution in [1.29, 1.82) is 5.26 Å². The highest BCUT2D eigenvalue weighted by atomic mass is 16.6. The van der Waals surface area contributed by atoms with Gasteiger partial charge < -0.3 is 43.8 Å².